The first-order valence-corrected chi connectivity index (χ1v) is 7.07. The highest BCUT2D eigenvalue weighted by Crippen LogP contribution is 2.32. The van der Waals surface area contributed by atoms with Crippen molar-refractivity contribution in [1.29, 1.82) is 0 Å². The highest BCUT2D eigenvalue weighted by Gasteiger charge is 2.17. The minimum atomic E-state index is -0.380. The van der Waals surface area contributed by atoms with E-state index in [1.54, 1.807) is 0 Å². The van der Waals surface area contributed by atoms with Gasteiger partial charge in [0.15, 0.2) is 0 Å². The summed E-state index contributed by atoms with van der Waals surface area (Å²) in [6.07, 6.45) is -0.380. The van der Waals surface area contributed by atoms with Crippen molar-refractivity contribution in [2.75, 3.05) is 13.2 Å². The first kappa shape index (κ1) is 13.2. The van der Waals surface area contributed by atoms with Crippen molar-refractivity contribution < 1.29 is 9.47 Å². The van der Waals surface area contributed by atoms with Gasteiger partial charge in [-0.3, -0.25) is 4.57 Å². The first-order chi connectivity index (χ1) is 9.86. The summed E-state index contributed by atoms with van der Waals surface area (Å²) in [5.41, 5.74) is 2.28. The molecule has 1 aromatic heterocycles. The Labute approximate surface area is 118 Å². The van der Waals surface area contributed by atoms with E-state index in [1.165, 1.54) is 10.8 Å². The molecule has 3 aromatic rings. The van der Waals surface area contributed by atoms with Crippen molar-refractivity contribution in [2.24, 2.45) is 0 Å². The summed E-state index contributed by atoms with van der Waals surface area (Å²) in [5.74, 6) is 0. The van der Waals surface area contributed by atoms with Crippen LogP contribution in [0.2, 0.25) is 0 Å². The van der Waals surface area contributed by atoms with Crippen molar-refractivity contribution in [3.05, 3.63) is 48.5 Å². The largest absolute Gasteiger partial charge is 0.335 e. The third-order valence-corrected chi connectivity index (χ3v) is 3.45. The van der Waals surface area contributed by atoms with Gasteiger partial charge < -0.3 is 9.47 Å². The number of fused-ring (bicyclic) bond motifs is 3. The summed E-state index contributed by atoms with van der Waals surface area (Å²) in [6, 6.07) is 16.7. The van der Waals surface area contributed by atoms with Crippen LogP contribution in [0.3, 0.4) is 0 Å². The Balaban J connectivity index is 2.29. The molecular formula is C17H19NO2. The lowest BCUT2D eigenvalue weighted by Gasteiger charge is -2.20. The van der Waals surface area contributed by atoms with E-state index in [2.05, 4.69) is 41.0 Å². The highest BCUT2D eigenvalue weighted by atomic mass is 16.7. The van der Waals surface area contributed by atoms with Gasteiger partial charge in [-0.05, 0) is 26.0 Å². The van der Waals surface area contributed by atoms with E-state index in [9.17, 15) is 0 Å². The summed E-state index contributed by atoms with van der Waals surface area (Å²) in [4.78, 5) is 0. The molecular weight excluding hydrogens is 250 g/mol. The Morgan fingerprint density at radius 1 is 0.800 bits per heavy atom. The van der Waals surface area contributed by atoms with Gasteiger partial charge in [0.05, 0.1) is 11.0 Å². The predicted molar refractivity (Wildman–Crippen MR) is 81.7 cm³/mol. The van der Waals surface area contributed by atoms with Crippen molar-refractivity contribution in [3.8, 4) is 0 Å². The quantitative estimate of drug-likeness (QED) is 0.644. The monoisotopic (exact) mass is 269 g/mol. The molecule has 0 aliphatic heterocycles. The van der Waals surface area contributed by atoms with E-state index in [-0.39, 0.29) is 6.41 Å². The van der Waals surface area contributed by atoms with E-state index < -0.39 is 0 Å². The van der Waals surface area contributed by atoms with E-state index >= 15 is 0 Å². The number of para-hydroxylation sites is 2. The fraction of sp³-hybridized carbons (Fsp3) is 0.294. The molecule has 0 amide bonds. The molecule has 0 atom stereocenters. The molecule has 0 N–H and O–H groups in total. The molecule has 0 saturated carbocycles. The Hall–Kier alpha value is -1.84. The zero-order chi connectivity index (χ0) is 13.9. The summed E-state index contributed by atoms with van der Waals surface area (Å²) >= 11 is 0. The second kappa shape index (κ2) is 5.65. The molecule has 0 radical (unpaired) electrons. The first-order valence-electron chi connectivity index (χ1n) is 7.07. The summed E-state index contributed by atoms with van der Waals surface area (Å²) < 4.78 is 13.7. The van der Waals surface area contributed by atoms with E-state index in [1.807, 2.05) is 26.0 Å². The van der Waals surface area contributed by atoms with Gasteiger partial charge in [0.2, 0.25) is 6.41 Å². The maximum atomic E-state index is 5.78. The smallest absolute Gasteiger partial charge is 0.244 e. The van der Waals surface area contributed by atoms with Crippen LogP contribution in [-0.4, -0.2) is 17.8 Å². The molecule has 0 bridgehead atoms. The van der Waals surface area contributed by atoms with E-state index in [0.717, 1.165) is 11.0 Å². The van der Waals surface area contributed by atoms with Crippen molar-refractivity contribution in [2.45, 2.75) is 20.3 Å². The lowest BCUT2D eigenvalue weighted by molar-refractivity contribution is -0.181. The van der Waals surface area contributed by atoms with Crippen LogP contribution in [0, 0.1) is 0 Å². The van der Waals surface area contributed by atoms with Crippen LogP contribution >= 0.6 is 0 Å². The highest BCUT2D eigenvalue weighted by molar-refractivity contribution is 6.07. The zero-order valence-electron chi connectivity index (χ0n) is 11.9. The van der Waals surface area contributed by atoms with E-state index in [4.69, 9.17) is 9.47 Å². The minimum Gasteiger partial charge on any atom is -0.335 e. The molecule has 20 heavy (non-hydrogen) atoms. The Bertz CT molecular complexity index is 658. The lowest BCUT2D eigenvalue weighted by Crippen LogP contribution is -2.16. The number of ether oxygens (including phenoxy) is 2. The zero-order valence-corrected chi connectivity index (χ0v) is 11.9. The molecule has 0 spiro atoms. The summed E-state index contributed by atoms with van der Waals surface area (Å²) in [6.45, 7) is 5.21. The SMILES string of the molecule is CCOC(OCC)n1c2ccccc2c2ccccc21. The molecule has 0 fully saturated rings. The molecule has 2 aromatic carbocycles. The molecule has 3 heteroatoms. The Morgan fingerprint density at radius 2 is 1.25 bits per heavy atom. The number of hydrogen-bond acceptors (Lipinski definition) is 2. The van der Waals surface area contributed by atoms with Crippen LogP contribution in [0.4, 0.5) is 0 Å². The third-order valence-electron chi connectivity index (χ3n) is 3.45. The molecule has 0 aliphatic rings. The maximum absolute atomic E-state index is 5.78. The van der Waals surface area contributed by atoms with Gasteiger partial charge in [0, 0.05) is 24.0 Å². The van der Waals surface area contributed by atoms with Gasteiger partial charge in [-0.15, -0.1) is 0 Å². The fourth-order valence-electron chi connectivity index (χ4n) is 2.66. The summed E-state index contributed by atoms with van der Waals surface area (Å²) in [5, 5.41) is 2.46. The minimum absolute atomic E-state index is 0.380. The second-order valence-electron chi connectivity index (χ2n) is 4.62. The van der Waals surface area contributed by atoms with Crippen LogP contribution < -0.4 is 0 Å². The maximum Gasteiger partial charge on any atom is 0.244 e. The van der Waals surface area contributed by atoms with Gasteiger partial charge in [0.1, 0.15) is 0 Å². The van der Waals surface area contributed by atoms with Crippen LogP contribution in [0.15, 0.2) is 48.5 Å². The molecule has 0 saturated heterocycles. The lowest BCUT2D eigenvalue weighted by atomic mass is 10.2. The Kier molecular flexibility index (Phi) is 3.72. The van der Waals surface area contributed by atoms with Crippen molar-refractivity contribution in [3.63, 3.8) is 0 Å². The predicted octanol–water partition coefficient (Wildman–Crippen LogP) is 4.32. The number of rotatable bonds is 5. The molecule has 104 valence electrons. The van der Waals surface area contributed by atoms with Gasteiger partial charge in [-0.1, -0.05) is 36.4 Å². The van der Waals surface area contributed by atoms with Crippen LogP contribution in [0.5, 0.6) is 0 Å². The van der Waals surface area contributed by atoms with Crippen LogP contribution in [0.25, 0.3) is 21.8 Å². The third kappa shape index (κ3) is 2.09. The molecule has 1 heterocycles. The Morgan fingerprint density at radius 3 is 1.70 bits per heavy atom. The topological polar surface area (TPSA) is 23.4 Å². The van der Waals surface area contributed by atoms with Crippen molar-refractivity contribution >= 4 is 21.8 Å². The van der Waals surface area contributed by atoms with Gasteiger partial charge in [-0.2, -0.15) is 0 Å². The number of hydrogen-bond donors (Lipinski definition) is 0. The van der Waals surface area contributed by atoms with Gasteiger partial charge >= 0.3 is 0 Å². The van der Waals surface area contributed by atoms with Gasteiger partial charge in [0.25, 0.3) is 0 Å². The van der Waals surface area contributed by atoms with Crippen molar-refractivity contribution in [1.82, 2.24) is 4.57 Å². The normalized spacial score (nSPS) is 11.8. The number of aromatic nitrogens is 1. The molecule has 3 nitrogen and oxygen atoms in total. The van der Waals surface area contributed by atoms with E-state index in [0.29, 0.717) is 13.2 Å². The summed E-state index contributed by atoms with van der Waals surface area (Å²) in [7, 11) is 0. The van der Waals surface area contributed by atoms with Crippen LogP contribution in [0.1, 0.15) is 20.3 Å². The molecule has 3 rings (SSSR count). The number of nitrogens with zero attached hydrogens (tertiary/aromatic N) is 1. The van der Waals surface area contributed by atoms with Crippen LogP contribution in [-0.2, 0) is 9.47 Å². The number of benzene rings is 2. The standard InChI is InChI=1S/C17H19NO2/c1-3-19-17(20-4-2)18-15-11-7-5-9-13(15)14-10-6-8-12-16(14)18/h5-12,17H,3-4H2,1-2H3. The average Bonchev–Trinajstić information content (AvgIpc) is 2.82. The van der Waals surface area contributed by atoms with Gasteiger partial charge in [-0.25, -0.2) is 0 Å². The molecule has 0 aliphatic carbocycles. The fourth-order valence-corrected chi connectivity index (χ4v) is 2.66. The average molecular weight is 269 g/mol. The second-order valence-corrected chi connectivity index (χ2v) is 4.62. The molecule has 0 unspecified atom stereocenters.